The van der Waals surface area contributed by atoms with Gasteiger partial charge in [0.1, 0.15) is 12.0 Å². The molecule has 1 saturated carbocycles. The van der Waals surface area contributed by atoms with Crippen molar-refractivity contribution in [3.05, 3.63) is 59.2 Å². The lowest BCUT2D eigenvalue weighted by Crippen LogP contribution is -2.22. The molecule has 2 amide bonds. The second-order valence-electron chi connectivity index (χ2n) is 12.3. The van der Waals surface area contributed by atoms with Crippen molar-refractivity contribution in [2.45, 2.75) is 71.4 Å². The molecule has 2 aromatic rings. The molecular weight excluding hydrogens is 594 g/mol. The lowest BCUT2D eigenvalue weighted by atomic mass is 9.99. The first kappa shape index (κ1) is 39.4. The molecule has 1 aliphatic carbocycles. The summed E-state index contributed by atoms with van der Waals surface area (Å²) < 4.78 is 0. The largest absolute Gasteiger partial charge is 0.506 e. The van der Waals surface area contributed by atoms with E-state index in [1.165, 1.54) is 70.3 Å². The SMILES string of the molecule is CCCCCN(C)C=O.CCCN1CC2CCCC2C1.CNc1c(O)ccc(C(O)CNCc2ccc(NC=O)cc2)c1/C=C\C=O. The van der Waals surface area contributed by atoms with Crippen molar-refractivity contribution in [1.29, 1.82) is 0 Å². The van der Waals surface area contributed by atoms with Crippen LogP contribution in [0.1, 0.15) is 81.6 Å². The van der Waals surface area contributed by atoms with Crippen molar-refractivity contribution >= 4 is 36.6 Å². The van der Waals surface area contributed by atoms with E-state index in [4.69, 9.17) is 0 Å². The van der Waals surface area contributed by atoms with Gasteiger partial charge in [0, 0.05) is 58.1 Å². The highest BCUT2D eigenvalue weighted by molar-refractivity contribution is 5.81. The van der Waals surface area contributed by atoms with Crippen LogP contribution in [-0.4, -0.2) is 85.9 Å². The van der Waals surface area contributed by atoms with Crippen molar-refractivity contribution in [3.8, 4) is 5.75 Å². The molecule has 260 valence electrons. The van der Waals surface area contributed by atoms with Crippen LogP contribution in [0.15, 0.2) is 42.5 Å². The third kappa shape index (κ3) is 13.9. The van der Waals surface area contributed by atoms with E-state index in [0.717, 1.165) is 36.8 Å². The van der Waals surface area contributed by atoms with Crippen LogP contribution in [0.4, 0.5) is 11.4 Å². The molecule has 1 heterocycles. The van der Waals surface area contributed by atoms with Crippen LogP contribution < -0.4 is 16.0 Å². The Morgan fingerprint density at radius 2 is 1.70 bits per heavy atom. The second kappa shape index (κ2) is 22.7. The summed E-state index contributed by atoms with van der Waals surface area (Å²) in [5.74, 6) is 2.21. The molecule has 4 rings (SSSR count). The number of aldehydes is 1. The minimum atomic E-state index is -0.833. The van der Waals surface area contributed by atoms with Gasteiger partial charge in [-0.3, -0.25) is 14.4 Å². The Kier molecular flexibility index (Phi) is 19.1. The molecular formula is C37H57N5O5. The molecule has 5 N–H and O–H groups in total. The Balaban J connectivity index is 0.000000311. The highest BCUT2D eigenvalue weighted by Crippen LogP contribution is 2.37. The van der Waals surface area contributed by atoms with E-state index in [1.54, 1.807) is 36.2 Å². The van der Waals surface area contributed by atoms with Gasteiger partial charge in [0.2, 0.25) is 12.8 Å². The number of aliphatic hydroxyl groups excluding tert-OH is 1. The van der Waals surface area contributed by atoms with Gasteiger partial charge in [-0.1, -0.05) is 51.3 Å². The Labute approximate surface area is 281 Å². The number of phenols is 1. The average molecular weight is 652 g/mol. The Morgan fingerprint density at radius 3 is 2.28 bits per heavy atom. The zero-order chi connectivity index (χ0) is 34.4. The third-order valence-corrected chi connectivity index (χ3v) is 8.69. The molecule has 0 bridgehead atoms. The highest BCUT2D eigenvalue weighted by Gasteiger charge is 2.35. The normalized spacial score (nSPS) is 17.5. The van der Waals surface area contributed by atoms with Gasteiger partial charge in [0.05, 0.1) is 11.8 Å². The summed E-state index contributed by atoms with van der Waals surface area (Å²) in [6, 6.07) is 10.5. The molecule has 2 aliphatic rings. The summed E-state index contributed by atoms with van der Waals surface area (Å²) in [4.78, 5) is 35.4. The van der Waals surface area contributed by atoms with Crippen LogP contribution in [0.5, 0.6) is 5.75 Å². The number of aliphatic hydroxyl groups is 1. The van der Waals surface area contributed by atoms with Crippen LogP contribution in [0.25, 0.3) is 6.08 Å². The first-order valence-electron chi connectivity index (χ1n) is 17.0. The third-order valence-electron chi connectivity index (χ3n) is 8.69. The number of nitrogens with zero attached hydrogens (tertiary/aromatic N) is 2. The molecule has 2 aromatic carbocycles. The highest BCUT2D eigenvalue weighted by atomic mass is 16.3. The Morgan fingerprint density at radius 1 is 1.00 bits per heavy atom. The Bertz CT molecular complexity index is 1210. The van der Waals surface area contributed by atoms with Gasteiger partial charge in [-0.05, 0) is 85.5 Å². The molecule has 0 radical (unpaired) electrons. The Hall–Kier alpha value is -3.73. The van der Waals surface area contributed by atoms with E-state index in [1.807, 2.05) is 19.2 Å². The number of unbranched alkanes of at least 4 members (excludes halogenated alkanes) is 2. The number of benzene rings is 2. The first-order valence-corrected chi connectivity index (χ1v) is 17.0. The number of likely N-dealkylation sites (tertiary alicyclic amines) is 1. The van der Waals surface area contributed by atoms with Crippen molar-refractivity contribution in [3.63, 3.8) is 0 Å². The molecule has 10 nitrogen and oxygen atoms in total. The summed E-state index contributed by atoms with van der Waals surface area (Å²) in [5, 5.41) is 29.2. The predicted molar refractivity (Wildman–Crippen MR) is 191 cm³/mol. The number of hydrogen-bond acceptors (Lipinski definition) is 8. The topological polar surface area (TPSA) is 134 Å². The summed E-state index contributed by atoms with van der Waals surface area (Å²) in [7, 11) is 3.47. The quantitative estimate of drug-likeness (QED) is 0.0662. The van der Waals surface area contributed by atoms with Crippen molar-refractivity contribution in [1.82, 2.24) is 15.1 Å². The summed E-state index contributed by atoms with van der Waals surface area (Å²) in [6.07, 6.45) is 13.6. The fourth-order valence-electron chi connectivity index (χ4n) is 6.24. The van der Waals surface area contributed by atoms with Crippen molar-refractivity contribution in [2.75, 3.05) is 57.5 Å². The van der Waals surface area contributed by atoms with E-state index in [9.17, 15) is 24.6 Å². The van der Waals surface area contributed by atoms with Gasteiger partial charge in [-0.15, -0.1) is 0 Å². The van der Waals surface area contributed by atoms with Crippen molar-refractivity contribution < 1.29 is 24.6 Å². The number of aromatic hydroxyl groups is 1. The zero-order valence-corrected chi connectivity index (χ0v) is 28.8. The maximum Gasteiger partial charge on any atom is 0.211 e. The van der Waals surface area contributed by atoms with Crippen molar-refractivity contribution in [2.24, 2.45) is 11.8 Å². The van der Waals surface area contributed by atoms with Gasteiger partial charge < -0.3 is 36.0 Å². The number of phenolic OH excluding ortho intramolecular Hbond substituents is 1. The lowest BCUT2D eigenvalue weighted by molar-refractivity contribution is -0.117. The van der Waals surface area contributed by atoms with Gasteiger partial charge in [-0.2, -0.15) is 0 Å². The number of rotatable bonds is 17. The molecule has 3 atom stereocenters. The number of fused-ring (bicyclic) bond motifs is 1. The van der Waals surface area contributed by atoms with Crippen LogP contribution in [0, 0.1) is 11.8 Å². The predicted octanol–water partition coefficient (Wildman–Crippen LogP) is 5.43. The van der Waals surface area contributed by atoms with Crippen LogP contribution in [-0.2, 0) is 20.9 Å². The van der Waals surface area contributed by atoms with E-state index < -0.39 is 6.10 Å². The summed E-state index contributed by atoms with van der Waals surface area (Å²) >= 11 is 0. The second-order valence-corrected chi connectivity index (χ2v) is 12.3. The molecule has 0 aromatic heterocycles. The van der Waals surface area contributed by atoms with Crippen LogP contribution in [0.3, 0.4) is 0 Å². The zero-order valence-electron chi connectivity index (χ0n) is 28.8. The minimum Gasteiger partial charge on any atom is -0.506 e. The van der Waals surface area contributed by atoms with E-state index >= 15 is 0 Å². The summed E-state index contributed by atoms with van der Waals surface area (Å²) in [5.41, 5.74) is 3.31. The monoisotopic (exact) mass is 651 g/mol. The molecule has 1 aliphatic heterocycles. The van der Waals surface area contributed by atoms with E-state index in [-0.39, 0.29) is 12.3 Å². The van der Waals surface area contributed by atoms with Gasteiger partial charge in [-0.25, -0.2) is 0 Å². The molecule has 2 fully saturated rings. The van der Waals surface area contributed by atoms with E-state index in [2.05, 4.69) is 34.7 Å². The molecule has 0 spiro atoms. The lowest BCUT2D eigenvalue weighted by Gasteiger charge is -2.18. The number of carbonyl (C=O) groups excluding carboxylic acids is 3. The van der Waals surface area contributed by atoms with Gasteiger partial charge >= 0.3 is 0 Å². The van der Waals surface area contributed by atoms with E-state index in [0.29, 0.717) is 41.7 Å². The standard InChI is InChI=1S/C20H23N3O4.C10H19N.C7H15NO/c1-21-20-17(3-2-10-24)16(8-9-18(20)26)19(27)12-22-11-14-4-6-15(7-5-14)23-13-25;1-2-6-11-7-9-4-3-5-10(9)8-11;1-3-4-5-6-8(2)7-9/h2-10,13,19,21-22,26-27H,11-12H2,1H3,(H,23,25);9-10H,2-8H2,1H3;7H,3-6H2,1-2H3/b3-2-;;. The maximum absolute atomic E-state index is 10.7. The maximum atomic E-state index is 10.7. The average Bonchev–Trinajstić information content (AvgIpc) is 3.68. The fourth-order valence-corrected chi connectivity index (χ4v) is 6.24. The van der Waals surface area contributed by atoms with Crippen LogP contribution in [0.2, 0.25) is 0 Å². The molecule has 1 saturated heterocycles. The molecule has 47 heavy (non-hydrogen) atoms. The number of hydrogen-bond donors (Lipinski definition) is 5. The number of anilines is 2. The molecule has 3 unspecified atom stereocenters. The fraction of sp³-hybridized carbons (Fsp3) is 0.541. The number of allylic oxidation sites excluding steroid dienone is 1. The number of amides is 2. The van der Waals surface area contributed by atoms with Gasteiger partial charge in [0.25, 0.3) is 0 Å². The minimum absolute atomic E-state index is 0.0379. The summed E-state index contributed by atoms with van der Waals surface area (Å²) in [6.45, 7) is 10.3. The van der Waals surface area contributed by atoms with Gasteiger partial charge in [0.15, 0.2) is 0 Å². The molecule has 10 heteroatoms. The first-order chi connectivity index (χ1) is 22.8. The smallest absolute Gasteiger partial charge is 0.211 e. The number of nitrogens with one attached hydrogen (secondary N) is 3. The van der Waals surface area contributed by atoms with Crippen LogP contribution >= 0.6 is 0 Å². The number of carbonyl (C=O) groups is 3.